The number of phosphoric acid groups is 1. The molecule has 63 heavy (non-hydrogen) atoms. The van der Waals surface area contributed by atoms with E-state index in [-0.39, 0.29) is 13.0 Å². The first-order chi connectivity index (χ1) is 30.5. The van der Waals surface area contributed by atoms with E-state index in [4.69, 9.17) is 18.5 Å². The van der Waals surface area contributed by atoms with E-state index in [2.05, 4.69) is 98.9 Å². The molecule has 1 fully saturated rings. The summed E-state index contributed by atoms with van der Waals surface area (Å²) in [4.78, 5) is 23.1. The number of unbranched alkanes of at least 4 members (excludes halogenated alkanes) is 10. The molecule has 12 nitrogen and oxygen atoms in total. The second-order valence-corrected chi connectivity index (χ2v) is 17.3. The molecule has 6 N–H and O–H groups in total. The van der Waals surface area contributed by atoms with Gasteiger partial charge in [-0.1, -0.05) is 156 Å². The second kappa shape index (κ2) is 39.6. The molecular weight excluding hydrogens is 824 g/mol. The summed E-state index contributed by atoms with van der Waals surface area (Å²) < 4.78 is 34.1. The van der Waals surface area contributed by atoms with E-state index >= 15 is 0 Å². The summed E-state index contributed by atoms with van der Waals surface area (Å²) >= 11 is 0. The Morgan fingerprint density at radius 1 is 0.524 bits per heavy atom. The van der Waals surface area contributed by atoms with Crippen molar-refractivity contribution in [1.29, 1.82) is 0 Å². The number of hydrogen-bond acceptors (Lipinski definition) is 11. The molecule has 0 spiro atoms. The van der Waals surface area contributed by atoms with E-state index in [0.717, 1.165) is 83.5 Å². The molecule has 1 rings (SSSR count). The average Bonchev–Trinajstić information content (AvgIpc) is 3.27. The first kappa shape index (κ1) is 58.3. The molecule has 6 unspecified atom stereocenters. The summed E-state index contributed by atoms with van der Waals surface area (Å²) in [6, 6.07) is 0. The van der Waals surface area contributed by atoms with Gasteiger partial charge in [0.15, 0.2) is 0 Å². The van der Waals surface area contributed by atoms with Gasteiger partial charge in [-0.3, -0.25) is 13.8 Å². The number of allylic oxidation sites excluding steroid dienone is 16. The highest BCUT2D eigenvalue weighted by atomic mass is 31.2. The lowest BCUT2D eigenvalue weighted by atomic mass is 9.85. The van der Waals surface area contributed by atoms with Crippen molar-refractivity contribution >= 4 is 13.8 Å². The van der Waals surface area contributed by atoms with Crippen molar-refractivity contribution in [2.45, 2.75) is 191 Å². The highest BCUT2D eigenvalue weighted by Crippen LogP contribution is 2.47. The maximum Gasteiger partial charge on any atom is 0.472 e. The molecule has 360 valence electrons. The van der Waals surface area contributed by atoms with Crippen LogP contribution in [0.25, 0.3) is 0 Å². The fourth-order valence-electron chi connectivity index (χ4n) is 6.47. The summed E-state index contributed by atoms with van der Waals surface area (Å²) in [5, 5.41) is 50.2. The van der Waals surface area contributed by atoms with Crippen LogP contribution in [-0.4, -0.2) is 98.9 Å². The number of carbonyl (C=O) groups excluding carboxylic acids is 1. The zero-order chi connectivity index (χ0) is 46.2. The molecule has 0 heterocycles. The van der Waals surface area contributed by atoms with E-state index in [9.17, 15) is 39.8 Å². The number of aliphatic hydroxyl groups excluding tert-OH is 5. The van der Waals surface area contributed by atoms with Crippen LogP contribution in [0.3, 0.4) is 0 Å². The van der Waals surface area contributed by atoms with Crippen LogP contribution in [0.2, 0.25) is 0 Å². The second-order valence-electron chi connectivity index (χ2n) is 15.9. The summed E-state index contributed by atoms with van der Waals surface area (Å²) in [7, 11) is -5.05. The van der Waals surface area contributed by atoms with Crippen LogP contribution in [0.4, 0.5) is 0 Å². The largest absolute Gasteiger partial charge is 0.472 e. The first-order valence-corrected chi connectivity index (χ1v) is 25.1. The molecule has 13 heteroatoms. The fourth-order valence-corrected chi connectivity index (χ4v) is 7.44. The van der Waals surface area contributed by atoms with Crippen molar-refractivity contribution in [3.63, 3.8) is 0 Å². The first-order valence-electron chi connectivity index (χ1n) is 23.6. The Bertz CT molecular complexity index is 1400. The third-order valence-corrected chi connectivity index (χ3v) is 11.2. The van der Waals surface area contributed by atoms with Gasteiger partial charge in [0.25, 0.3) is 0 Å². The van der Waals surface area contributed by atoms with E-state index in [0.29, 0.717) is 19.4 Å². The molecule has 0 saturated heterocycles. The zero-order valence-electron chi connectivity index (χ0n) is 38.3. The molecule has 0 amide bonds. The van der Waals surface area contributed by atoms with E-state index in [1.807, 2.05) is 12.2 Å². The van der Waals surface area contributed by atoms with Crippen LogP contribution in [0.1, 0.15) is 149 Å². The minimum atomic E-state index is -5.05. The SMILES string of the molecule is CC/C=C\C/C=C\C/C=C\C/C=C\C/C=C\C/C=C\CCC(=O)OC(COCCCCCCCC/C=C\C/C=C\CCCCCC)COP(=O)(O)OC1C(O)C(O)C(O)C(O)C1O. The maximum absolute atomic E-state index is 12.8. The smallest absolute Gasteiger partial charge is 0.457 e. The normalized spacial score (nSPS) is 22.7. The van der Waals surface area contributed by atoms with Crippen molar-refractivity contribution in [2.24, 2.45) is 0 Å². The Balaban J connectivity index is 2.47. The van der Waals surface area contributed by atoms with Crippen LogP contribution in [0.15, 0.2) is 97.2 Å². The quantitative estimate of drug-likeness (QED) is 0.0149. The summed E-state index contributed by atoms with van der Waals surface area (Å²) in [6.07, 6.45) is 42.0. The van der Waals surface area contributed by atoms with E-state index < -0.39 is 63.1 Å². The highest BCUT2D eigenvalue weighted by molar-refractivity contribution is 7.47. The Morgan fingerprint density at radius 2 is 0.937 bits per heavy atom. The third kappa shape index (κ3) is 31.7. The average molecular weight is 907 g/mol. The van der Waals surface area contributed by atoms with Gasteiger partial charge in [0.05, 0.1) is 13.2 Å². The monoisotopic (exact) mass is 907 g/mol. The summed E-state index contributed by atoms with van der Waals surface area (Å²) in [6.45, 7) is 4.00. The summed E-state index contributed by atoms with van der Waals surface area (Å²) in [5.41, 5.74) is 0. The summed E-state index contributed by atoms with van der Waals surface area (Å²) in [5.74, 6) is -0.567. The highest BCUT2D eigenvalue weighted by Gasteiger charge is 2.51. The van der Waals surface area contributed by atoms with Crippen molar-refractivity contribution in [1.82, 2.24) is 0 Å². The molecular formula is C50H83O12P. The van der Waals surface area contributed by atoms with Gasteiger partial charge in [-0.25, -0.2) is 4.57 Å². The van der Waals surface area contributed by atoms with Crippen molar-refractivity contribution < 1.29 is 58.3 Å². The molecule has 1 saturated carbocycles. The molecule has 0 aromatic rings. The van der Waals surface area contributed by atoms with Gasteiger partial charge < -0.3 is 39.9 Å². The van der Waals surface area contributed by atoms with Crippen LogP contribution in [-0.2, 0) is 27.9 Å². The molecule has 1 aliphatic rings. The van der Waals surface area contributed by atoms with Crippen molar-refractivity contribution in [3.8, 4) is 0 Å². The fraction of sp³-hybridized carbons (Fsp3) is 0.660. The van der Waals surface area contributed by atoms with Gasteiger partial charge >= 0.3 is 13.8 Å². The molecule has 1 aliphatic carbocycles. The topological polar surface area (TPSA) is 192 Å². The maximum atomic E-state index is 12.8. The molecule has 0 aliphatic heterocycles. The number of carbonyl (C=O) groups is 1. The zero-order valence-corrected chi connectivity index (χ0v) is 39.2. The van der Waals surface area contributed by atoms with Crippen LogP contribution in [0, 0.1) is 0 Å². The van der Waals surface area contributed by atoms with Crippen LogP contribution < -0.4 is 0 Å². The predicted octanol–water partition coefficient (Wildman–Crippen LogP) is 9.92. The molecule has 0 aromatic carbocycles. The van der Waals surface area contributed by atoms with Crippen molar-refractivity contribution in [3.05, 3.63) is 97.2 Å². The van der Waals surface area contributed by atoms with Gasteiger partial charge in [0.1, 0.15) is 42.7 Å². The lowest BCUT2D eigenvalue weighted by Crippen LogP contribution is -2.64. The lowest BCUT2D eigenvalue weighted by Gasteiger charge is -2.41. The third-order valence-electron chi connectivity index (χ3n) is 10.2. The molecule has 0 radical (unpaired) electrons. The number of aliphatic hydroxyl groups is 5. The molecule has 0 bridgehead atoms. The minimum Gasteiger partial charge on any atom is -0.457 e. The van der Waals surface area contributed by atoms with E-state index in [1.54, 1.807) is 0 Å². The van der Waals surface area contributed by atoms with Gasteiger partial charge in [-0.2, -0.15) is 0 Å². The minimum absolute atomic E-state index is 0.0521. The number of rotatable bonds is 38. The molecule has 0 aromatic heterocycles. The Hall–Kier alpha value is -2.74. The number of ether oxygens (including phenoxy) is 2. The predicted molar refractivity (Wildman–Crippen MR) is 253 cm³/mol. The number of hydrogen-bond donors (Lipinski definition) is 6. The van der Waals surface area contributed by atoms with Gasteiger partial charge in [-0.05, 0) is 83.5 Å². The Kier molecular flexibility index (Phi) is 36.6. The van der Waals surface area contributed by atoms with Gasteiger partial charge in [0, 0.05) is 13.0 Å². The lowest BCUT2D eigenvalue weighted by molar-refractivity contribution is -0.220. The Morgan fingerprint density at radius 3 is 1.43 bits per heavy atom. The number of esters is 1. The Labute approximate surface area is 379 Å². The van der Waals surface area contributed by atoms with E-state index in [1.165, 1.54) is 32.1 Å². The van der Waals surface area contributed by atoms with Gasteiger partial charge in [0.2, 0.25) is 0 Å². The number of phosphoric ester groups is 1. The standard InChI is InChI=1S/C50H83O12P/c1-3-5-7-9-11-13-15-17-19-21-22-23-25-27-29-31-33-35-37-39-44(51)61-43(42-60-63(57,58)62-50-48(55)46(53)45(52)47(54)49(50)56)41-59-40-38-36-34-32-30-28-26-24-20-18-16-14-12-10-8-6-4-2/h5,7,11,13-14,16-17,19-20,22-24,27,29,33,35,43,45-50,52-56H,3-4,6,8-10,12,15,18,21,25-26,28,30-32,34,36-42H2,1-2H3,(H,57,58)/b7-5-,13-11-,16-14-,19-17-,23-22-,24-20-,29-27-,35-33-. The molecule has 6 atom stereocenters. The van der Waals surface area contributed by atoms with Crippen molar-refractivity contribution in [2.75, 3.05) is 19.8 Å². The van der Waals surface area contributed by atoms with Crippen LogP contribution >= 0.6 is 7.82 Å². The van der Waals surface area contributed by atoms with Gasteiger partial charge in [-0.15, -0.1) is 0 Å². The van der Waals surface area contributed by atoms with Crippen LogP contribution in [0.5, 0.6) is 0 Å².